The van der Waals surface area contributed by atoms with Crippen LogP contribution in [0.5, 0.6) is 5.75 Å². The summed E-state index contributed by atoms with van der Waals surface area (Å²) in [5.74, 6) is 0.841. The third-order valence-electron chi connectivity index (χ3n) is 3.71. The molecule has 0 saturated carbocycles. The Morgan fingerprint density at radius 2 is 1.83 bits per heavy atom. The number of carbonyl (C=O) groups is 1. The summed E-state index contributed by atoms with van der Waals surface area (Å²) in [6.45, 7) is 3.91. The Bertz CT molecular complexity index is 614. The van der Waals surface area contributed by atoms with Crippen LogP contribution in [0.4, 0.5) is 4.79 Å². The maximum atomic E-state index is 12.3. The predicted octanol–water partition coefficient (Wildman–Crippen LogP) is 3.47. The Balaban J connectivity index is 1.82. The number of ether oxygens (including phenoxy) is 1. The molecule has 0 aromatic heterocycles. The minimum atomic E-state index is -0.0285. The topological polar surface area (TPSA) is 41.6 Å². The molecule has 0 fully saturated rings. The van der Waals surface area contributed by atoms with Crippen molar-refractivity contribution < 1.29 is 9.53 Å². The van der Waals surface area contributed by atoms with E-state index in [0.29, 0.717) is 19.6 Å². The molecule has 2 amide bonds. The van der Waals surface area contributed by atoms with Gasteiger partial charge in [0.1, 0.15) is 5.75 Å². The van der Waals surface area contributed by atoms with Crippen LogP contribution in [0.3, 0.4) is 0 Å². The van der Waals surface area contributed by atoms with E-state index in [1.54, 1.807) is 12.0 Å². The monoisotopic (exact) mass is 312 g/mol. The van der Waals surface area contributed by atoms with Crippen LogP contribution in [-0.4, -0.2) is 31.1 Å². The Morgan fingerprint density at radius 3 is 2.52 bits per heavy atom. The molecule has 4 nitrogen and oxygen atoms in total. The number of methoxy groups -OCH3 is 1. The van der Waals surface area contributed by atoms with Crippen LogP contribution in [-0.2, 0) is 13.0 Å². The molecular weight excluding hydrogens is 288 g/mol. The van der Waals surface area contributed by atoms with Crippen molar-refractivity contribution in [1.82, 2.24) is 10.2 Å². The molecule has 1 N–H and O–H groups in total. The van der Waals surface area contributed by atoms with Crippen LogP contribution in [0, 0.1) is 0 Å². The van der Waals surface area contributed by atoms with Crippen LogP contribution in [0.2, 0.25) is 0 Å². The van der Waals surface area contributed by atoms with Gasteiger partial charge in [0, 0.05) is 19.6 Å². The molecule has 0 radical (unpaired) electrons. The predicted molar refractivity (Wildman–Crippen MR) is 92.6 cm³/mol. The highest BCUT2D eigenvalue weighted by atomic mass is 16.5. The van der Waals surface area contributed by atoms with Gasteiger partial charge in [0.15, 0.2) is 0 Å². The Hall–Kier alpha value is -2.49. The third kappa shape index (κ3) is 5.33. The number of hydrogen-bond acceptors (Lipinski definition) is 2. The first kappa shape index (κ1) is 16.9. The van der Waals surface area contributed by atoms with E-state index in [1.807, 2.05) is 61.5 Å². The molecule has 23 heavy (non-hydrogen) atoms. The number of urea groups is 1. The average Bonchev–Trinajstić information content (AvgIpc) is 2.60. The third-order valence-corrected chi connectivity index (χ3v) is 3.71. The maximum absolute atomic E-state index is 12.3. The molecule has 122 valence electrons. The summed E-state index contributed by atoms with van der Waals surface area (Å²) < 4.78 is 5.21. The summed E-state index contributed by atoms with van der Waals surface area (Å²) in [7, 11) is 1.66. The molecule has 2 aromatic rings. The van der Waals surface area contributed by atoms with Gasteiger partial charge >= 0.3 is 6.03 Å². The molecule has 0 atom stereocenters. The van der Waals surface area contributed by atoms with Crippen molar-refractivity contribution in [1.29, 1.82) is 0 Å². The van der Waals surface area contributed by atoms with Gasteiger partial charge in [-0.1, -0.05) is 42.5 Å². The Labute approximate surface area is 138 Å². The van der Waals surface area contributed by atoms with Gasteiger partial charge in [0.05, 0.1) is 7.11 Å². The number of hydrogen-bond donors (Lipinski definition) is 1. The fourth-order valence-corrected chi connectivity index (χ4v) is 2.38. The second-order valence-electron chi connectivity index (χ2n) is 5.33. The van der Waals surface area contributed by atoms with E-state index in [-0.39, 0.29) is 6.03 Å². The van der Waals surface area contributed by atoms with Gasteiger partial charge in [-0.2, -0.15) is 0 Å². The molecular formula is C19H24N2O2. The second-order valence-corrected chi connectivity index (χ2v) is 5.33. The number of rotatable bonds is 7. The summed E-state index contributed by atoms with van der Waals surface area (Å²) in [6.07, 6.45) is 0.784. The van der Waals surface area contributed by atoms with Gasteiger partial charge in [0.2, 0.25) is 0 Å². The van der Waals surface area contributed by atoms with Crippen molar-refractivity contribution in [2.75, 3.05) is 20.2 Å². The lowest BCUT2D eigenvalue weighted by molar-refractivity contribution is 0.198. The molecule has 2 aromatic carbocycles. The van der Waals surface area contributed by atoms with Gasteiger partial charge in [-0.3, -0.25) is 0 Å². The normalized spacial score (nSPS) is 10.2. The lowest BCUT2D eigenvalue weighted by Gasteiger charge is -2.21. The number of amides is 2. The van der Waals surface area contributed by atoms with Gasteiger partial charge in [-0.25, -0.2) is 4.79 Å². The number of carbonyl (C=O) groups excluding carboxylic acids is 1. The fraction of sp³-hybridized carbons (Fsp3) is 0.316. The first-order valence-corrected chi connectivity index (χ1v) is 7.92. The highest BCUT2D eigenvalue weighted by Gasteiger charge is 2.11. The molecule has 4 heteroatoms. The van der Waals surface area contributed by atoms with E-state index in [4.69, 9.17) is 4.74 Å². The molecule has 0 bridgehead atoms. The van der Waals surface area contributed by atoms with Crippen molar-refractivity contribution in [2.45, 2.75) is 19.9 Å². The highest BCUT2D eigenvalue weighted by molar-refractivity contribution is 5.74. The van der Waals surface area contributed by atoms with Crippen LogP contribution in [0.25, 0.3) is 0 Å². The van der Waals surface area contributed by atoms with Gasteiger partial charge in [-0.15, -0.1) is 0 Å². The standard InChI is InChI=1S/C19H24N2O2/c1-3-21(15-17-8-5-4-6-9-17)19(22)20-13-12-16-10-7-11-18(14-16)23-2/h4-11,14H,3,12-13,15H2,1-2H3,(H,20,22). The molecule has 0 unspecified atom stereocenters. The zero-order valence-corrected chi connectivity index (χ0v) is 13.8. The number of benzene rings is 2. The average molecular weight is 312 g/mol. The zero-order valence-electron chi connectivity index (χ0n) is 13.8. The fourth-order valence-electron chi connectivity index (χ4n) is 2.38. The molecule has 2 rings (SSSR count). The van der Waals surface area contributed by atoms with Gasteiger partial charge in [0.25, 0.3) is 0 Å². The van der Waals surface area contributed by atoms with Crippen LogP contribution < -0.4 is 10.1 Å². The molecule has 0 saturated heterocycles. The zero-order chi connectivity index (χ0) is 16.5. The van der Waals surface area contributed by atoms with Crippen molar-refractivity contribution in [3.8, 4) is 5.75 Å². The highest BCUT2D eigenvalue weighted by Crippen LogP contribution is 2.12. The lowest BCUT2D eigenvalue weighted by atomic mass is 10.1. The van der Waals surface area contributed by atoms with Crippen molar-refractivity contribution in [3.05, 3.63) is 65.7 Å². The summed E-state index contributed by atoms with van der Waals surface area (Å²) in [5.41, 5.74) is 2.29. The van der Waals surface area contributed by atoms with E-state index < -0.39 is 0 Å². The van der Waals surface area contributed by atoms with E-state index in [0.717, 1.165) is 23.3 Å². The largest absolute Gasteiger partial charge is 0.497 e. The van der Waals surface area contributed by atoms with Crippen LogP contribution in [0.15, 0.2) is 54.6 Å². The molecule has 0 aliphatic carbocycles. The smallest absolute Gasteiger partial charge is 0.317 e. The lowest BCUT2D eigenvalue weighted by Crippen LogP contribution is -2.40. The summed E-state index contributed by atoms with van der Waals surface area (Å²) in [6, 6.07) is 17.9. The minimum absolute atomic E-state index is 0.0285. The Kier molecular flexibility index (Phi) is 6.48. The summed E-state index contributed by atoms with van der Waals surface area (Å²) in [5, 5.41) is 2.99. The quantitative estimate of drug-likeness (QED) is 0.850. The van der Waals surface area contributed by atoms with E-state index >= 15 is 0 Å². The van der Waals surface area contributed by atoms with E-state index in [9.17, 15) is 4.79 Å². The minimum Gasteiger partial charge on any atom is -0.497 e. The Morgan fingerprint density at radius 1 is 1.09 bits per heavy atom. The summed E-state index contributed by atoms with van der Waals surface area (Å²) >= 11 is 0. The number of nitrogens with zero attached hydrogens (tertiary/aromatic N) is 1. The molecule has 0 spiro atoms. The van der Waals surface area contributed by atoms with Crippen LogP contribution in [0.1, 0.15) is 18.1 Å². The second kappa shape index (κ2) is 8.83. The number of nitrogens with one attached hydrogen (secondary N) is 1. The van der Waals surface area contributed by atoms with Crippen molar-refractivity contribution >= 4 is 6.03 Å². The van der Waals surface area contributed by atoms with Gasteiger partial charge in [-0.05, 0) is 36.6 Å². The van der Waals surface area contributed by atoms with Crippen molar-refractivity contribution in [3.63, 3.8) is 0 Å². The maximum Gasteiger partial charge on any atom is 0.317 e. The van der Waals surface area contributed by atoms with E-state index in [1.165, 1.54) is 0 Å². The SMILES string of the molecule is CCN(Cc1ccccc1)C(=O)NCCc1cccc(OC)c1. The molecule has 0 aliphatic rings. The summed E-state index contributed by atoms with van der Waals surface area (Å²) in [4.78, 5) is 14.1. The first-order chi connectivity index (χ1) is 11.2. The molecule has 0 aliphatic heterocycles. The van der Waals surface area contributed by atoms with E-state index in [2.05, 4.69) is 5.32 Å². The van der Waals surface area contributed by atoms with Crippen LogP contribution >= 0.6 is 0 Å². The van der Waals surface area contributed by atoms with Gasteiger partial charge < -0.3 is 15.0 Å². The first-order valence-electron chi connectivity index (χ1n) is 7.92. The molecule has 0 heterocycles. The van der Waals surface area contributed by atoms with Crippen molar-refractivity contribution in [2.24, 2.45) is 0 Å².